The third-order valence-electron chi connectivity index (χ3n) is 7.23. The minimum atomic E-state index is 0.0386. The van der Waals surface area contributed by atoms with Gasteiger partial charge < -0.3 is 10.6 Å². The van der Waals surface area contributed by atoms with Crippen molar-refractivity contribution in [2.75, 3.05) is 18.4 Å². The zero-order chi connectivity index (χ0) is 18.4. The SMILES string of the molecule is Cn1c(=O)n(C2CCCC2)c2nc(NC3CCC4(CCNC4)CC3)ncc21. The first kappa shape index (κ1) is 17.2. The first-order chi connectivity index (χ1) is 13.2. The van der Waals surface area contributed by atoms with Gasteiger partial charge in [-0.2, -0.15) is 4.98 Å². The summed E-state index contributed by atoms with van der Waals surface area (Å²) >= 11 is 0. The van der Waals surface area contributed by atoms with Gasteiger partial charge in [-0.25, -0.2) is 9.78 Å². The Labute approximate surface area is 159 Å². The number of hydrogen-bond acceptors (Lipinski definition) is 5. The van der Waals surface area contributed by atoms with Crippen LogP contribution >= 0.6 is 0 Å². The van der Waals surface area contributed by atoms with Crippen LogP contribution in [0.4, 0.5) is 5.95 Å². The zero-order valence-electron chi connectivity index (χ0n) is 16.2. The summed E-state index contributed by atoms with van der Waals surface area (Å²) < 4.78 is 3.60. The molecule has 0 unspecified atom stereocenters. The van der Waals surface area contributed by atoms with Crippen LogP contribution in [0.2, 0.25) is 0 Å². The molecule has 1 spiro atoms. The van der Waals surface area contributed by atoms with Gasteiger partial charge in [-0.1, -0.05) is 12.8 Å². The fourth-order valence-corrected chi connectivity index (χ4v) is 5.48. The van der Waals surface area contributed by atoms with Crippen molar-refractivity contribution in [1.82, 2.24) is 24.4 Å². The average Bonchev–Trinajstić information content (AvgIpc) is 3.40. The molecule has 0 aromatic carbocycles. The van der Waals surface area contributed by atoms with Crippen LogP contribution in [-0.4, -0.2) is 38.2 Å². The number of rotatable bonds is 3. The number of fused-ring (bicyclic) bond motifs is 1. The van der Waals surface area contributed by atoms with Gasteiger partial charge >= 0.3 is 5.69 Å². The van der Waals surface area contributed by atoms with Crippen LogP contribution in [0, 0.1) is 5.41 Å². The van der Waals surface area contributed by atoms with Crippen LogP contribution in [0.3, 0.4) is 0 Å². The summed E-state index contributed by atoms with van der Waals surface area (Å²) in [6.07, 6.45) is 12.6. The molecule has 0 radical (unpaired) electrons. The predicted molar refractivity (Wildman–Crippen MR) is 106 cm³/mol. The largest absolute Gasteiger partial charge is 0.351 e. The number of aromatic nitrogens is 4. The topological polar surface area (TPSA) is 76.8 Å². The van der Waals surface area contributed by atoms with Crippen molar-refractivity contribution in [3.05, 3.63) is 16.7 Å². The maximum Gasteiger partial charge on any atom is 0.330 e. The standard InChI is InChI=1S/C20H30N6O/c1-25-16-12-22-18(23-14-6-8-20(9-7-14)10-11-21-13-20)24-17(16)26(19(25)27)15-4-2-3-5-15/h12,14-15,21H,2-11,13H2,1H3,(H,22,23,24). The molecular weight excluding hydrogens is 340 g/mol. The molecule has 2 aromatic rings. The molecule has 2 saturated carbocycles. The first-order valence-electron chi connectivity index (χ1n) is 10.6. The second-order valence-corrected chi connectivity index (χ2v) is 8.90. The van der Waals surface area contributed by atoms with E-state index in [-0.39, 0.29) is 11.7 Å². The molecule has 5 rings (SSSR count). The van der Waals surface area contributed by atoms with Gasteiger partial charge in [-0.05, 0) is 56.9 Å². The van der Waals surface area contributed by atoms with Crippen molar-refractivity contribution in [3.63, 3.8) is 0 Å². The lowest BCUT2D eigenvalue weighted by Crippen LogP contribution is -2.35. The van der Waals surface area contributed by atoms with E-state index < -0.39 is 0 Å². The highest BCUT2D eigenvalue weighted by molar-refractivity contribution is 5.72. The van der Waals surface area contributed by atoms with E-state index in [9.17, 15) is 4.79 Å². The highest BCUT2D eigenvalue weighted by Crippen LogP contribution is 2.41. The van der Waals surface area contributed by atoms with Crippen LogP contribution in [0.5, 0.6) is 0 Å². The van der Waals surface area contributed by atoms with Crippen molar-refractivity contribution in [2.24, 2.45) is 12.5 Å². The molecular formula is C20H30N6O. The maximum atomic E-state index is 12.8. The predicted octanol–water partition coefficient (Wildman–Crippen LogP) is 2.58. The van der Waals surface area contributed by atoms with Gasteiger partial charge in [0.25, 0.3) is 0 Å². The van der Waals surface area contributed by atoms with Gasteiger partial charge in [-0.3, -0.25) is 9.13 Å². The Kier molecular flexibility index (Phi) is 4.22. The highest BCUT2D eigenvalue weighted by Gasteiger charge is 2.37. The quantitative estimate of drug-likeness (QED) is 0.868. The lowest BCUT2D eigenvalue weighted by atomic mass is 9.72. The maximum absolute atomic E-state index is 12.8. The van der Waals surface area contributed by atoms with Crippen molar-refractivity contribution in [3.8, 4) is 0 Å². The zero-order valence-corrected chi connectivity index (χ0v) is 16.2. The van der Waals surface area contributed by atoms with Gasteiger partial charge in [0.15, 0.2) is 5.65 Å². The van der Waals surface area contributed by atoms with E-state index in [4.69, 9.17) is 4.98 Å². The van der Waals surface area contributed by atoms with Crippen LogP contribution in [0.15, 0.2) is 11.0 Å². The second kappa shape index (κ2) is 6.62. The molecule has 27 heavy (non-hydrogen) atoms. The number of hydrogen-bond donors (Lipinski definition) is 2. The molecule has 3 aliphatic rings. The number of imidazole rings is 1. The molecule has 2 aliphatic carbocycles. The second-order valence-electron chi connectivity index (χ2n) is 8.90. The van der Waals surface area contributed by atoms with Crippen molar-refractivity contribution in [1.29, 1.82) is 0 Å². The van der Waals surface area contributed by atoms with Gasteiger partial charge in [0.2, 0.25) is 5.95 Å². The van der Waals surface area contributed by atoms with Crippen molar-refractivity contribution in [2.45, 2.75) is 69.9 Å². The van der Waals surface area contributed by atoms with E-state index in [2.05, 4.69) is 15.6 Å². The summed E-state index contributed by atoms with van der Waals surface area (Å²) in [6.45, 7) is 2.35. The number of aryl methyl sites for hydroxylation is 1. The molecule has 2 aromatic heterocycles. The summed E-state index contributed by atoms with van der Waals surface area (Å²) in [7, 11) is 1.82. The van der Waals surface area contributed by atoms with Gasteiger partial charge in [-0.15, -0.1) is 0 Å². The molecule has 0 bridgehead atoms. The van der Waals surface area contributed by atoms with Gasteiger partial charge in [0, 0.05) is 25.7 Å². The molecule has 7 nitrogen and oxygen atoms in total. The Hall–Kier alpha value is -1.89. The average molecular weight is 371 g/mol. The Balaban J connectivity index is 1.38. The monoisotopic (exact) mass is 370 g/mol. The Morgan fingerprint density at radius 1 is 1.19 bits per heavy atom. The van der Waals surface area contributed by atoms with Crippen LogP contribution in [0.25, 0.3) is 11.2 Å². The van der Waals surface area contributed by atoms with Crippen LogP contribution < -0.4 is 16.3 Å². The molecule has 7 heteroatoms. The Morgan fingerprint density at radius 2 is 1.96 bits per heavy atom. The summed E-state index contributed by atoms with van der Waals surface area (Å²) in [4.78, 5) is 22.1. The third-order valence-corrected chi connectivity index (χ3v) is 7.23. The normalized spacial score (nSPS) is 29.1. The van der Waals surface area contributed by atoms with Gasteiger partial charge in [0.05, 0.1) is 6.20 Å². The third kappa shape index (κ3) is 2.96. The minimum absolute atomic E-state index is 0.0386. The lowest BCUT2D eigenvalue weighted by Gasteiger charge is -2.36. The van der Waals surface area contributed by atoms with E-state index in [1.54, 1.807) is 4.57 Å². The van der Waals surface area contributed by atoms with E-state index in [1.165, 1.54) is 58.0 Å². The van der Waals surface area contributed by atoms with Gasteiger partial charge in [0.1, 0.15) is 5.52 Å². The Morgan fingerprint density at radius 3 is 2.67 bits per heavy atom. The minimum Gasteiger partial charge on any atom is -0.351 e. The highest BCUT2D eigenvalue weighted by atomic mass is 16.1. The molecule has 1 saturated heterocycles. The molecule has 0 amide bonds. The summed E-state index contributed by atoms with van der Waals surface area (Å²) in [5, 5.41) is 7.09. The summed E-state index contributed by atoms with van der Waals surface area (Å²) in [6, 6.07) is 0.720. The first-order valence-corrected chi connectivity index (χ1v) is 10.6. The molecule has 3 fully saturated rings. The number of anilines is 1. The Bertz CT molecular complexity index is 878. The lowest BCUT2D eigenvalue weighted by molar-refractivity contribution is 0.205. The fourth-order valence-electron chi connectivity index (χ4n) is 5.48. The number of nitrogens with zero attached hydrogens (tertiary/aromatic N) is 4. The van der Waals surface area contributed by atoms with E-state index in [0.29, 0.717) is 17.4 Å². The molecule has 146 valence electrons. The molecule has 1 aliphatic heterocycles. The summed E-state index contributed by atoms with van der Waals surface area (Å²) in [5.41, 5.74) is 2.19. The fraction of sp³-hybridized carbons (Fsp3) is 0.750. The summed E-state index contributed by atoms with van der Waals surface area (Å²) in [5.74, 6) is 0.672. The smallest absolute Gasteiger partial charge is 0.330 e. The number of nitrogens with one attached hydrogen (secondary N) is 2. The van der Waals surface area contributed by atoms with E-state index >= 15 is 0 Å². The van der Waals surface area contributed by atoms with Crippen molar-refractivity contribution >= 4 is 17.1 Å². The van der Waals surface area contributed by atoms with Crippen molar-refractivity contribution < 1.29 is 0 Å². The molecule has 3 heterocycles. The van der Waals surface area contributed by atoms with Crippen LogP contribution in [-0.2, 0) is 7.05 Å². The van der Waals surface area contributed by atoms with E-state index in [0.717, 1.165) is 24.0 Å². The van der Waals surface area contributed by atoms with E-state index in [1.807, 2.05) is 17.8 Å². The molecule has 0 atom stereocenters. The molecule has 2 N–H and O–H groups in total. The van der Waals surface area contributed by atoms with Crippen LogP contribution in [0.1, 0.15) is 63.8 Å².